The largest absolute Gasteiger partial charge is 0.463 e. The zero-order valence-electron chi connectivity index (χ0n) is 13.2. The molecule has 1 aromatic carbocycles. The Kier molecular flexibility index (Phi) is 5.67. The first-order valence-corrected chi connectivity index (χ1v) is 7.06. The first-order chi connectivity index (χ1) is 11.4. The van der Waals surface area contributed by atoms with Gasteiger partial charge in [-0.2, -0.15) is 0 Å². The van der Waals surface area contributed by atoms with Crippen molar-refractivity contribution >= 4 is 23.3 Å². The molecule has 24 heavy (non-hydrogen) atoms. The Morgan fingerprint density at radius 3 is 2.46 bits per heavy atom. The summed E-state index contributed by atoms with van der Waals surface area (Å²) < 4.78 is 14.6. The van der Waals surface area contributed by atoms with Crippen LogP contribution in [0, 0.1) is 6.92 Å². The maximum absolute atomic E-state index is 11.7. The molecule has 1 amide bonds. The van der Waals surface area contributed by atoms with Crippen LogP contribution in [0.2, 0.25) is 0 Å². The van der Waals surface area contributed by atoms with Crippen molar-refractivity contribution in [2.24, 2.45) is 0 Å². The van der Waals surface area contributed by atoms with E-state index in [1.807, 2.05) is 0 Å². The van der Waals surface area contributed by atoms with Gasteiger partial charge < -0.3 is 19.3 Å². The summed E-state index contributed by atoms with van der Waals surface area (Å²) in [7, 11) is 0. The molecule has 1 heterocycles. The molecule has 0 aliphatic rings. The average molecular weight is 332 g/mol. The van der Waals surface area contributed by atoms with Gasteiger partial charge in [0.05, 0.1) is 0 Å². The zero-order chi connectivity index (χ0) is 17.5. The van der Waals surface area contributed by atoms with Gasteiger partial charge in [-0.15, -0.1) is 0 Å². The highest BCUT2D eigenvalue weighted by atomic mass is 16.6. The number of aryl methyl sites for hydroxylation is 1. The van der Waals surface area contributed by atoms with Gasteiger partial charge in [-0.3, -0.25) is 9.59 Å². The van der Waals surface area contributed by atoms with E-state index in [4.69, 9.17) is 14.0 Å². The van der Waals surface area contributed by atoms with Gasteiger partial charge in [-0.25, -0.2) is 4.79 Å². The highest BCUT2D eigenvalue weighted by Crippen LogP contribution is 2.10. The van der Waals surface area contributed by atoms with Crippen LogP contribution in [0.3, 0.4) is 0 Å². The molecule has 1 aromatic heterocycles. The third kappa shape index (κ3) is 5.24. The number of benzene rings is 1. The predicted octanol–water partition coefficient (Wildman–Crippen LogP) is 1.75. The summed E-state index contributed by atoms with van der Waals surface area (Å²) in [6.07, 6.45) is 0. The van der Waals surface area contributed by atoms with Crippen molar-refractivity contribution in [3.8, 4) is 5.88 Å². The van der Waals surface area contributed by atoms with E-state index in [1.165, 1.54) is 13.0 Å². The van der Waals surface area contributed by atoms with Crippen LogP contribution in [0.4, 0.5) is 5.69 Å². The van der Waals surface area contributed by atoms with Crippen LogP contribution in [0.5, 0.6) is 5.88 Å². The number of Topliss-reactive ketones (excluding diaryl/α,β-unsaturated/α-hetero) is 1. The van der Waals surface area contributed by atoms with Crippen LogP contribution in [0.1, 0.15) is 23.0 Å². The predicted molar refractivity (Wildman–Crippen MR) is 82.8 cm³/mol. The summed E-state index contributed by atoms with van der Waals surface area (Å²) in [4.78, 5) is 34.3. The Balaban J connectivity index is 1.72. The lowest BCUT2D eigenvalue weighted by atomic mass is 10.1. The lowest BCUT2D eigenvalue weighted by Crippen LogP contribution is -2.23. The lowest BCUT2D eigenvalue weighted by molar-refractivity contribution is -0.149. The molecule has 0 aliphatic heterocycles. The Bertz CT molecular complexity index is 735. The number of carbonyl (C=O) groups is 3. The number of amides is 1. The number of rotatable bonds is 7. The molecule has 0 atom stereocenters. The van der Waals surface area contributed by atoms with Crippen LogP contribution in [0.15, 0.2) is 34.9 Å². The molecule has 0 saturated heterocycles. The van der Waals surface area contributed by atoms with Gasteiger partial charge in [0, 0.05) is 17.3 Å². The standard InChI is InChI=1S/C16H16N2O6/c1-10-7-15(18-24-10)22-9-16(21)23-8-14(20)17-13-5-3-12(4-6-13)11(2)19/h3-7H,8-9H2,1-2H3,(H,17,20). The molecule has 8 heteroatoms. The molecule has 0 radical (unpaired) electrons. The van der Waals surface area contributed by atoms with Gasteiger partial charge in [0.25, 0.3) is 11.8 Å². The first-order valence-electron chi connectivity index (χ1n) is 7.06. The van der Waals surface area contributed by atoms with E-state index in [0.29, 0.717) is 17.0 Å². The van der Waals surface area contributed by atoms with Gasteiger partial charge in [0.2, 0.25) is 0 Å². The van der Waals surface area contributed by atoms with Crippen LogP contribution >= 0.6 is 0 Å². The number of hydrogen-bond donors (Lipinski definition) is 1. The molecule has 1 N–H and O–H groups in total. The molecular weight excluding hydrogens is 316 g/mol. The quantitative estimate of drug-likeness (QED) is 0.608. The fourth-order valence-corrected chi connectivity index (χ4v) is 1.72. The minimum atomic E-state index is -0.710. The van der Waals surface area contributed by atoms with Crippen LogP contribution < -0.4 is 10.1 Å². The molecule has 0 spiro atoms. The third-order valence-electron chi connectivity index (χ3n) is 2.88. The van der Waals surface area contributed by atoms with Crippen molar-refractivity contribution in [2.75, 3.05) is 18.5 Å². The number of nitrogens with one attached hydrogen (secondary N) is 1. The van der Waals surface area contributed by atoms with Gasteiger partial charge in [-0.1, -0.05) is 0 Å². The van der Waals surface area contributed by atoms with E-state index in [2.05, 4.69) is 10.5 Å². The summed E-state index contributed by atoms with van der Waals surface area (Å²) in [6, 6.07) is 7.89. The van der Waals surface area contributed by atoms with Gasteiger partial charge in [0.15, 0.2) is 19.0 Å². The maximum Gasteiger partial charge on any atom is 0.344 e. The highest BCUT2D eigenvalue weighted by molar-refractivity contribution is 5.96. The second-order valence-corrected chi connectivity index (χ2v) is 4.91. The number of nitrogens with zero attached hydrogens (tertiary/aromatic N) is 1. The molecule has 0 unspecified atom stereocenters. The minimum absolute atomic E-state index is 0.0656. The summed E-state index contributed by atoms with van der Waals surface area (Å²) >= 11 is 0. The number of ketones is 1. The van der Waals surface area contributed by atoms with Crippen molar-refractivity contribution in [2.45, 2.75) is 13.8 Å². The number of hydrogen-bond acceptors (Lipinski definition) is 7. The van der Waals surface area contributed by atoms with E-state index < -0.39 is 18.5 Å². The van der Waals surface area contributed by atoms with E-state index in [9.17, 15) is 14.4 Å². The Labute approximate surface area is 137 Å². The molecule has 0 aliphatic carbocycles. The summed E-state index contributed by atoms with van der Waals surface area (Å²) in [5.41, 5.74) is 1.04. The van der Waals surface area contributed by atoms with Crippen molar-refractivity contribution in [1.82, 2.24) is 5.16 Å². The summed E-state index contributed by atoms with van der Waals surface area (Å²) in [5, 5.41) is 6.09. The van der Waals surface area contributed by atoms with E-state index >= 15 is 0 Å². The van der Waals surface area contributed by atoms with Crippen LogP contribution in [-0.4, -0.2) is 36.0 Å². The van der Waals surface area contributed by atoms with Gasteiger partial charge in [0.1, 0.15) is 5.76 Å². The third-order valence-corrected chi connectivity index (χ3v) is 2.88. The topological polar surface area (TPSA) is 108 Å². The van der Waals surface area contributed by atoms with E-state index in [1.54, 1.807) is 31.2 Å². The number of anilines is 1. The monoisotopic (exact) mass is 332 g/mol. The summed E-state index contributed by atoms with van der Waals surface area (Å²) in [6.45, 7) is 2.31. The first kappa shape index (κ1) is 17.2. The van der Waals surface area contributed by atoms with E-state index in [0.717, 1.165) is 0 Å². The molecule has 0 fully saturated rings. The van der Waals surface area contributed by atoms with Gasteiger partial charge in [-0.05, 0) is 43.3 Å². The molecule has 8 nitrogen and oxygen atoms in total. The van der Waals surface area contributed by atoms with Gasteiger partial charge >= 0.3 is 5.97 Å². The van der Waals surface area contributed by atoms with Crippen molar-refractivity contribution in [3.05, 3.63) is 41.7 Å². The second-order valence-electron chi connectivity index (χ2n) is 4.91. The normalized spacial score (nSPS) is 10.1. The summed E-state index contributed by atoms with van der Waals surface area (Å²) in [5.74, 6) is -0.564. The Morgan fingerprint density at radius 1 is 1.17 bits per heavy atom. The molecule has 0 bridgehead atoms. The molecule has 2 rings (SSSR count). The van der Waals surface area contributed by atoms with Crippen molar-refractivity contribution in [3.63, 3.8) is 0 Å². The fourth-order valence-electron chi connectivity index (χ4n) is 1.72. The van der Waals surface area contributed by atoms with E-state index in [-0.39, 0.29) is 18.3 Å². The number of aromatic nitrogens is 1. The molecule has 2 aromatic rings. The van der Waals surface area contributed by atoms with Crippen molar-refractivity contribution in [1.29, 1.82) is 0 Å². The van der Waals surface area contributed by atoms with Crippen molar-refractivity contribution < 1.29 is 28.4 Å². The fraction of sp³-hybridized carbons (Fsp3) is 0.250. The lowest BCUT2D eigenvalue weighted by Gasteiger charge is -2.07. The number of esters is 1. The maximum atomic E-state index is 11.7. The molecule has 0 saturated carbocycles. The average Bonchev–Trinajstić information content (AvgIpc) is 2.97. The molecule has 126 valence electrons. The number of carbonyl (C=O) groups excluding carboxylic acids is 3. The highest BCUT2D eigenvalue weighted by Gasteiger charge is 2.10. The molecular formula is C16H16N2O6. The van der Waals surface area contributed by atoms with Crippen LogP contribution in [0.25, 0.3) is 0 Å². The van der Waals surface area contributed by atoms with Crippen LogP contribution in [-0.2, 0) is 14.3 Å². The number of ether oxygens (including phenoxy) is 2. The zero-order valence-corrected chi connectivity index (χ0v) is 13.2. The Morgan fingerprint density at radius 2 is 1.88 bits per heavy atom. The Hall–Kier alpha value is -3.16. The smallest absolute Gasteiger partial charge is 0.344 e. The second kappa shape index (κ2) is 7.91. The SMILES string of the molecule is CC(=O)c1ccc(NC(=O)COC(=O)COc2cc(C)on2)cc1. The minimum Gasteiger partial charge on any atom is -0.463 e.